The fourth-order valence-electron chi connectivity index (χ4n) is 3.65. The highest BCUT2D eigenvalue weighted by Gasteiger charge is 2.29. The third kappa shape index (κ3) is 5.35. The number of carbonyl (C=O) groups excluding carboxylic acids is 1. The van der Waals surface area contributed by atoms with Gasteiger partial charge in [-0.2, -0.15) is 0 Å². The van der Waals surface area contributed by atoms with E-state index < -0.39 is 0 Å². The Hall–Kier alpha value is -1.79. The highest BCUT2D eigenvalue weighted by atomic mass is 16.5. The van der Waals surface area contributed by atoms with Crippen molar-refractivity contribution in [2.75, 3.05) is 59.7 Å². The number of hydrogen-bond donors (Lipinski definition) is 0. The maximum Gasteiger partial charge on any atom is 0.227 e. The molecule has 1 unspecified atom stereocenters. The van der Waals surface area contributed by atoms with Gasteiger partial charge in [0.25, 0.3) is 0 Å². The van der Waals surface area contributed by atoms with Crippen LogP contribution in [0.2, 0.25) is 0 Å². The maximum absolute atomic E-state index is 12.7. The number of ether oxygens (including phenoxy) is 3. The van der Waals surface area contributed by atoms with Crippen LogP contribution in [0.3, 0.4) is 0 Å². The number of amides is 1. The van der Waals surface area contributed by atoms with Gasteiger partial charge in [0.2, 0.25) is 5.91 Å². The molecule has 0 aromatic heterocycles. The van der Waals surface area contributed by atoms with Crippen LogP contribution in [0, 0.1) is 5.92 Å². The fraction of sp³-hybridized carbons (Fsp3) is 0.650. The summed E-state index contributed by atoms with van der Waals surface area (Å²) in [6.07, 6.45) is 3.07. The van der Waals surface area contributed by atoms with E-state index in [4.69, 9.17) is 14.2 Å². The minimum atomic E-state index is 0.143. The topological polar surface area (TPSA) is 51.2 Å². The zero-order chi connectivity index (χ0) is 18.2. The molecule has 2 aliphatic heterocycles. The van der Waals surface area contributed by atoms with E-state index in [0.717, 1.165) is 63.5 Å². The Morgan fingerprint density at radius 1 is 1.15 bits per heavy atom. The van der Waals surface area contributed by atoms with Gasteiger partial charge in [-0.1, -0.05) is 0 Å². The van der Waals surface area contributed by atoms with Gasteiger partial charge < -0.3 is 24.0 Å². The molecule has 2 fully saturated rings. The first-order valence-corrected chi connectivity index (χ1v) is 9.62. The van der Waals surface area contributed by atoms with Crippen LogP contribution in [0.1, 0.15) is 19.3 Å². The molecule has 0 bridgehead atoms. The van der Waals surface area contributed by atoms with Crippen molar-refractivity contribution in [3.8, 4) is 11.5 Å². The van der Waals surface area contributed by atoms with Crippen LogP contribution in [0.4, 0.5) is 0 Å². The molecule has 0 radical (unpaired) electrons. The number of hydrogen-bond acceptors (Lipinski definition) is 5. The van der Waals surface area contributed by atoms with Crippen molar-refractivity contribution in [2.45, 2.75) is 19.3 Å². The first-order chi connectivity index (χ1) is 12.8. The lowest BCUT2D eigenvalue weighted by atomic mass is 9.96. The second-order valence-corrected chi connectivity index (χ2v) is 6.95. The quantitative estimate of drug-likeness (QED) is 0.695. The summed E-state index contributed by atoms with van der Waals surface area (Å²) in [5.41, 5.74) is 0. The molecule has 3 rings (SSSR count). The Kier molecular flexibility index (Phi) is 7.14. The Balaban J connectivity index is 1.37. The molecule has 26 heavy (non-hydrogen) atoms. The van der Waals surface area contributed by atoms with Crippen LogP contribution < -0.4 is 9.47 Å². The van der Waals surface area contributed by atoms with Crippen LogP contribution in [-0.4, -0.2) is 75.4 Å². The average Bonchev–Trinajstić information content (AvgIpc) is 2.72. The van der Waals surface area contributed by atoms with Crippen LogP contribution in [0.25, 0.3) is 0 Å². The number of methoxy groups -OCH3 is 1. The zero-order valence-electron chi connectivity index (χ0n) is 15.7. The summed E-state index contributed by atoms with van der Waals surface area (Å²) in [6.45, 7) is 6.44. The van der Waals surface area contributed by atoms with E-state index in [0.29, 0.717) is 25.7 Å². The van der Waals surface area contributed by atoms with Crippen molar-refractivity contribution in [1.82, 2.24) is 9.80 Å². The highest BCUT2D eigenvalue weighted by molar-refractivity contribution is 5.79. The monoisotopic (exact) mass is 362 g/mol. The van der Waals surface area contributed by atoms with Gasteiger partial charge in [-0.3, -0.25) is 4.79 Å². The SMILES string of the molecule is COc1ccc(OCCCN2CCCC(C(=O)N3CCOCC3)C2)cc1. The van der Waals surface area contributed by atoms with Crippen LogP contribution >= 0.6 is 0 Å². The number of nitrogens with zero attached hydrogens (tertiary/aromatic N) is 2. The summed E-state index contributed by atoms with van der Waals surface area (Å²) < 4.78 is 16.3. The van der Waals surface area contributed by atoms with E-state index in [2.05, 4.69) is 4.90 Å². The molecule has 1 amide bonds. The van der Waals surface area contributed by atoms with Gasteiger partial charge in [0.15, 0.2) is 0 Å². The summed E-state index contributed by atoms with van der Waals surface area (Å²) in [4.78, 5) is 17.1. The van der Waals surface area contributed by atoms with E-state index in [1.807, 2.05) is 29.2 Å². The molecule has 1 aromatic rings. The van der Waals surface area contributed by atoms with Gasteiger partial charge in [-0.05, 0) is 50.1 Å². The van der Waals surface area contributed by atoms with Crippen molar-refractivity contribution in [1.29, 1.82) is 0 Å². The normalized spacial score (nSPS) is 21.4. The number of morpholine rings is 1. The summed E-state index contributed by atoms with van der Waals surface area (Å²) in [7, 11) is 1.66. The number of benzene rings is 1. The van der Waals surface area contributed by atoms with Crippen molar-refractivity contribution < 1.29 is 19.0 Å². The number of carbonyl (C=O) groups is 1. The molecule has 1 aromatic carbocycles. The molecule has 0 spiro atoms. The summed E-state index contributed by atoms with van der Waals surface area (Å²) in [5.74, 6) is 2.16. The number of rotatable bonds is 7. The zero-order valence-corrected chi connectivity index (χ0v) is 15.7. The third-order valence-corrected chi connectivity index (χ3v) is 5.12. The van der Waals surface area contributed by atoms with Crippen molar-refractivity contribution in [3.63, 3.8) is 0 Å². The highest BCUT2D eigenvalue weighted by Crippen LogP contribution is 2.20. The Morgan fingerprint density at radius 2 is 1.88 bits per heavy atom. The molecule has 0 aliphatic carbocycles. The molecule has 2 heterocycles. The standard InChI is InChI=1S/C20H30N2O4/c1-24-18-5-7-19(8-6-18)26-13-3-10-21-9-2-4-17(16-21)20(23)22-11-14-25-15-12-22/h5-8,17H,2-4,9-16H2,1H3. The molecule has 6 nitrogen and oxygen atoms in total. The lowest BCUT2D eigenvalue weighted by Crippen LogP contribution is -2.48. The molecule has 1 atom stereocenters. The molecule has 2 saturated heterocycles. The first kappa shape index (κ1) is 19.0. The second kappa shape index (κ2) is 9.78. The molecular formula is C20H30N2O4. The van der Waals surface area contributed by atoms with Gasteiger partial charge in [-0.15, -0.1) is 0 Å². The average molecular weight is 362 g/mol. The van der Waals surface area contributed by atoms with Crippen LogP contribution in [-0.2, 0) is 9.53 Å². The molecule has 0 N–H and O–H groups in total. The van der Waals surface area contributed by atoms with Crippen LogP contribution in [0.5, 0.6) is 11.5 Å². The van der Waals surface area contributed by atoms with Gasteiger partial charge in [0, 0.05) is 26.2 Å². The summed E-state index contributed by atoms with van der Waals surface area (Å²) in [6, 6.07) is 7.66. The Labute approximate surface area is 156 Å². The van der Waals surface area contributed by atoms with Crippen molar-refractivity contribution in [2.24, 2.45) is 5.92 Å². The van der Waals surface area contributed by atoms with Gasteiger partial charge in [-0.25, -0.2) is 0 Å². The lowest BCUT2D eigenvalue weighted by Gasteiger charge is -2.36. The van der Waals surface area contributed by atoms with E-state index in [9.17, 15) is 4.79 Å². The van der Waals surface area contributed by atoms with E-state index in [1.54, 1.807) is 7.11 Å². The molecule has 6 heteroatoms. The molecule has 144 valence electrons. The minimum absolute atomic E-state index is 0.143. The van der Waals surface area contributed by atoms with Crippen LogP contribution in [0.15, 0.2) is 24.3 Å². The third-order valence-electron chi connectivity index (χ3n) is 5.12. The first-order valence-electron chi connectivity index (χ1n) is 9.62. The predicted octanol–water partition coefficient (Wildman–Crippen LogP) is 2.03. The smallest absolute Gasteiger partial charge is 0.227 e. The van der Waals surface area contributed by atoms with Gasteiger partial charge in [0.1, 0.15) is 11.5 Å². The second-order valence-electron chi connectivity index (χ2n) is 6.95. The van der Waals surface area contributed by atoms with Gasteiger partial charge >= 0.3 is 0 Å². The maximum atomic E-state index is 12.7. The predicted molar refractivity (Wildman–Crippen MR) is 99.7 cm³/mol. The summed E-state index contributed by atoms with van der Waals surface area (Å²) >= 11 is 0. The molecule has 0 saturated carbocycles. The lowest BCUT2D eigenvalue weighted by molar-refractivity contribution is -0.141. The fourth-order valence-corrected chi connectivity index (χ4v) is 3.65. The largest absolute Gasteiger partial charge is 0.497 e. The molecule has 2 aliphatic rings. The van der Waals surface area contributed by atoms with Gasteiger partial charge in [0.05, 0.1) is 32.8 Å². The number of piperidine rings is 1. The Morgan fingerprint density at radius 3 is 2.62 bits per heavy atom. The molecular weight excluding hydrogens is 332 g/mol. The minimum Gasteiger partial charge on any atom is -0.497 e. The van der Waals surface area contributed by atoms with E-state index >= 15 is 0 Å². The van der Waals surface area contributed by atoms with E-state index in [1.165, 1.54) is 0 Å². The number of likely N-dealkylation sites (tertiary alicyclic amines) is 1. The Bertz CT molecular complexity index is 557. The van der Waals surface area contributed by atoms with E-state index in [-0.39, 0.29) is 5.92 Å². The summed E-state index contributed by atoms with van der Waals surface area (Å²) in [5, 5.41) is 0. The van der Waals surface area contributed by atoms with Crippen molar-refractivity contribution >= 4 is 5.91 Å². The van der Waals surface area contributed by atoms with Crippen molar-refractivity contribution in [3.05, 3.63) is 24.3 Å².